The zero-order valence-corrected chi connectivity index (χ0v) is 11.8. The largest absolute Gasteiger partial charge is 0.395 e. The van der Waals surface area contributed by atoms with Crippen LogP contribution < -0.4 is 0 Å². The lowest BCUT2D eigenvalue weighted by Gasteiger charge is -2.31. The molecule has 3 heteroatoms. The smallest absolute Gasteiger partial charge is 0.169 e. The van der Waals surface area contributed by atoms with Crippen LogP contribution in [0.2, 0.25) is 0 Å². The molecule has 3 nitrogen and oxygen atoms in total. The third-order valence-corrected chi connectivity index (χ3v) is 3.70. The minimum absolute atomic E-state index is 0.159. The predicted octanol–water partition coefficient (Wildman–Crippen LogP) is 2.35. The number of aliphatic hydroxyl groups excluding tert-OH is 1. The Labute approximate surface area is 115 Å². The Morgan fingerprint density at radius 3 is 2.47 bits per heavy atom. The minimum atomic E-state index is -0.418. The number of carbonyl (C=O) groups excluding carboxylic acids is 1. The predicted molar refractivity (Wildman–Crippen MR) is 76.2 cm³/mol. The average molecular weight is 261 g/mol. The molecule has 1 N–H and O–H groups in total. The Bertz CT molecular complexity index is 424. The van der Waals surface area contributed by atoms with Gasteiger partial charge in [-0.05, 0) is 12.8 Å². The molecule has 1 aromatic rings. The molecule has 104 valence electrons. The van der Waals surface area contributed by atoms with Crippen molar-refractivity contribution in [2.45, 2.75) is 32.7 Å². The molecule has 0 atom stereocenters. The van der Waals surface area contributed by atoms with Crippen molar-refractivity contribution in [3.05, 3.63) is 35.9 Å². The highest BCUT2D eigenvalue weighted by Gasteiger charge is 2.36. The molecule has 0 aromatic heterocycles. The Morgan fingerprint density at radius 1 is 1.32 bits per heavy atom. The number of aliphatic hydroxyl groups is 1. The molecular weight excluding hydrogens is 238 g/mol. The normalized spacial score (nSPS) is 15.8. The maximum atomic E-state index is 12.6. The van der Waals surface area contributed by atoms with Gasteiger partial charge in [-0.15, -0.1) is 0 Å². The van der Waals surface area contributed by atoms with E-state index in [4.69, 9.17) is 5.11 Å². The van der Waals surface area contributed by atoms with Gasteiger partial charge in [-0.1, -0.05) is 44.2 Å². The van der Waals surface area contributed by atoms with Crippen LogP contribution in [-0.2, 0) is 0 Å². The van der Waals surface area contributed by atoms with Crippen LogP contribution in [0.25, 0.3) is 0 Å². The number of ketones is 1. The number of carbonyl (C=O) groups is 1. The summed E-state index contributed by atoms with van der Waals surface area (Å²) >= 11 is 0. The van der Waals surface area contributed by atoms with E-state index < -0.39 is 5.41 Å². The molecular formula is C16H23NO2. The highest BCUT2D eigenvalue weighted by molar-refractivity contribution is 6.00. The van der Waals surface area contributed by atoms with Gasteiger partial charge in [0.15, 0.2) is 5.78 Å². The van der Waals surface area contributed by atoms with E-state index in [1.807, 2.05) is 44.2 Å². The fraction of sp³-hybridized carbons (Fsp3) is 0.562. The van der Waals surface area contributed by atoms with Gasteiger partial charge in [-0.3, -0.25) is 9.69 Å². The molecule has 0 spiro atoms. The van der Waals surface area contributed by atoms with Crippen molar-refractivity contribution in [1.82, 2.24) is 4.90 Å². The third kappa shape index (κ3) is 3.64. The summed E-state index contributed by atoms with van der Waals surface area (Å²) < 4.78 is 0. The second-order valence-electron chi connectivity index (χ2n) is 6.00. The van der Waals surface area contributed by atoms with E-state index in [0.29, 0.717) is 19.1 Å². The summed E-state index contributed by atoms with van der Waals surface area (Å²) in [7, 11) is 0. The lowest BCUT2D eigenvalue weighted by molar-refractivity contribution is 0.0732. The standard InChI is InChI=1S/C16H23NO2/c1-16(2,12-17(10-11-18)14-8-9-14)15(19)13-6-4-3-5-7-13/h3-7,14,18H,8-12H2,1-2H3. The first kappa shape index (κ1) is 14.2. The van der Waals surface area contributed by atoms with Crippen LogP contribution in [0.15, 0.2) is 30.3 Å². The molecule has 0 aliphatic heterocycles. The lowest BCUT2D eigenvalue weighted by atomic mass is 9.83. The van der Waals surface area contributed by atoms with Crippen molar-refractivity contribution in [2.75, 3.05) is 19.7 Å². The Hall–Kier alpha value is -1.19. The van der Waals surface area contributed by atoms with Crippen molar-refractivity contribution in [2.24, 2.45) is 5.41 Å². The molecule has 0 bridgehead atoms. The Kier molecular flexibility index (Phi) is 4.38. The molecule has 2 rings (SSSR count). The van der Waals surface area contributed by atoms with Crippen LogP contribution in [0, 0.1) is 5.41 Å². The highest BCUT2D eigenvalue weighted by atomic mass is 16.3. The lowest BCUT2D eigenvalue weighted by Crippen LogP contribution is -2.41. The number of nitrogens with zero attached hydrogens (tertiary/aromatic N) is 1. The first-order chi connectivity index (χ1) is 9.04. The highest BCUT2D eigenvalue weighted by Crippen LogP contribution is 2.31. The second kappa shape index (κ2) is 5.85. The number of hydrogen-bond donors (Lipinski definition) is 1. The van der Waals surface area contributed by atoms with Gasteiger partial charge in [0.25, 0.3) is 0 Å². The molecule has 1 fully saturated rings. The zero-order chi connectivity index (χ0) is 13.9. The average Bonchev–Trinajstić information content (AvgIpc) is 3.22. The van der Waals surface area contributed by atoms with E-state index >= 15 is 0 Å². The molecule has 0 heterocycles. The SMILES string of the molecule is CC(C)(CN(CCO)C1CC1)C(=O)c1ccccc1. The van der Waals surface area contributed by atoms with Crippen LogP contribution in [-0.4, -0.2) is 41.5 Å². The van der Waals surface area contributed by atoms with E-state index in [1.54, 1.807) is 0 Å². The molecule has 1 aliphatic carbocycles. The van der Waals surface area contributed by atoms with Crippen LogP contribution in [0.5, 0.6) is 0 Å². The van der Waals surface area contributed by atoms with Crippen molar-refractivity contribution in [1.29, 1.82) is 0 Å². The van der Waals surface area contributed by atoms with Gasteiger partial charge < -0.3 is 5.11 Å². The van der Waals surface area contributed by atoms with Crippen molar-refractivity contribution in [3.63, 3.8) is 0 Å². The molecule has 1 aromatic carbocycles. The zero-order valence-electron chi connectivity index (χ0n) is 11.8. The fourth-order valence-electron chi connectivity index (χ4n) is 2.52. The molecule has 0 amide bonds. The third-order valence-electron chi connectivity index (χ3n) is 3.70. The van der Waals surface area contributed by atoms with Crippen LogP contribution in [0.3, 0.4) is 0 Å². The molecule has 1 saturated carbocycles. The Balaban J connectivity index is 2.06. The van der Waals surface area contributed by atoms with E-state index in [0.717, 1.165) is 5.56 Å². The van der Waals surface area contributed by atoms with Gasteiger partial charge >= 0.3 is 0 Å². The summed E-state index contributed by atoms with van der Waals surface area (Å²) in [5, 5.41) is 9.14. The van der Waals surface area contributed by atoms with Crippen LogP contribution in [0.4, 0.5) is 0 Å². The molecule has 19 heavy (non-hydrogen) atoms. The van der Waals surface area contributed by atoms with Gasteiger partial charge in [0.2, 0.25) is 0 Å². The summed E-state index contributed by atoms with van der Waals surface area (Å²) in [5.41, 5.74) is 0.353. The van der Waals surface area contributed by atoms with E-state index in [2.05, 4.69) is 4.90 Å². The Morgan fingerprint density at radius 2 is 1.95 bits per heavy atom. The van der Waals surface area contributed by atoms with Gasteiger partial charge in [0, 0.05) is 30.1 Å². The number of rotatable bonds is 7. The van der Waals surface area contributed by atoms with Gasteiger partial charge in [0.1, 0.15) is 0 Å². The quantitative estimate of drug-likeness (QED) is 0.766. The summed E-state index contributed by atoms with van der Waals surface area (Å²) in [6, 6.07) is 10.0. The van der Waals surface area contributed by atoms with Gasteiger partial charge in [0.05, 0.1) is 6.61 Å². The maximum Gasteiger partial charge on any atom is 0.169 e. The van der Waals surface area contributed by atoms with E-state index in [1.165, 1.54) is 12.8 Å². The van der Waals surface area contributed by atoms with Crippen molar-refractivity contribution < 1.29 is 9.90 Å². The van der Waals surface area contributed by atoms with Crippen molar-refractivity contribution in [3.8, 4) is 0 Å². The second-order valence-corrected chi connectivity index (χ2v) is 6.00. The van der Waals surface area contributed by atoms with Gasteiger partial charge in [-0.2, -0.15) is 0 Å². The maximum absolute atomic E-state index is 12.6. The molecule has 0 radical (unpaired) electrons. The topological polar surface area (TPSA) is 40.5 Å². The monoisotopic (exact) mass is 261 g/mol. The number of benzene rings is 1. The summed E-state index contributed by atoms with van der Waals surface area (Å²) in [6.07, 6.45) is 2.38. The fourth-order valence-corrected chi connectivity index (χ4v) is 2.52. The van der Waals surface area contributed by atoms with Crippen molar-refractivity contribution >= 4 is 5.78 Å². The van der Waals surface area contributed by atoms with E-state index in [-0.39, 0.29) is 12.4 Å². The molecule has 1 aliphatic rings. The van der Waals surface area contributed by atoms with Gasteiger partial charge in [-0.25, -0.2) is 0 Å². The van der Waals surface area contributed by atoms with E-state index in [9.17, 15) is 4.79 Å². The first-order valence-electron chi connectivity index (χ1n) is 6.99. The summed E-state index contributed by atoms with van der Waals surface area (Å²) in [5.74, 6) is 0.177. The molecule has 0 unspecified atom stereocenters. The summed E-state index contributed by atoms with van der Waals surface area (Å²) in [4.78, 5) is 14.8. The van der Waals surface area contributed by atoms with Crippen LogP contribution in [0.1, 0.15) is 37.0 Å². The number of hydrogen-bond acceptors (Lipinski definition) is 3. The van der Waals surface area contributed by atoms with Crippen LogP contribution >= 0.6 is 0 Å². The first-order valence-corrected chi connectivity index (χ1v) is 6.99. The molecule has 0 saturated heterocycles. The minimum Gasteiger partial charge on any atom is -0.395 e. The number of Topliss-reactive ketones (excluding diaryl/α,β-unsaturated/α-hetero) is 1. The summed E-state index contributed by atoms with van der Waals surface area (Å²) in [6.45, 7) is 5.53.